The first-order valence-electron chi connectivity index (χ1n) is 9.34. The van der Waals surface area contributed by atoms with Crippen LogP contribution in [-0.4, -0.2) is 36.5 Å². The summed E-state index contributed by atoms with van der Waals surface area (Å²) < 4.78 is 101. The van der Waals surface area contributed by atoms with Gasteiger partial charge in [-0.3, -0.25) is 9.35 Å². The summed E-state index contributed by atoms with van der Waals surface area (Å²) in [6.45, 7) is 2.03. The van der Waals surface area contributed by atoms with Gasteiger partial charge in [-0.25, -0.2) is 0 Å². The molecule has 0 aromatic heterocycles. The fourth-order valence-corrected chi connectivity index (χ4v) is 6.33. The van der Waals surface area contributed by atoms with Crippen LogP contribution in [0.3, 0.4) is 0 Å². The largest absolute Gasteiger partial charge is 0.444 e. The van der Waals surface area contributed by atoms with Crippen LogP contribution in [0.15, 0.2) is 0 Å². The Morgan fingerprint density at radius 3 is 2.11 bits per heavy atom. The summed E-state index contributed by atoms with van der Waals surface area (Å²) in [7, 11) is -6.43. The van der Waals surface area contributed by atoms with E-state index in [4.69, 9.17) is 4.55 Å². The fraction of sp³-hybridized carbons (Fsp3) is 0.941. The highest BCUT2D eigenvalue weighted by Crippen LogP contribution is 2.63. The molecule has 4 fully saturated rings. The first kappa shape index (κ1) is 21.7. The molecule has 162 valence electrons. The van der Waals surface area contributed by atoms with Gasteiger partial charge in [-0.2, -0.15) is 30.4 Å². The number of carbonyl (C=O) groups excluding carboxylic acids is 1. The predicted molar refractivity (Wildman–Crippen MR) is 86.8 cm³/mol. The van der Waals surface area contributed by atoms with Crippen molar-refractivity contribution in [1.29, 1.82) is 0 Å². The Labute approximate surface area is 159 Å². The third-order valence-corrected chi connectivity index (χ3v) is 7.60. The first-order valence-corrected chi connectivity index (χ1v) is 10.8. The molecule has 28 heavy (non-hydrogen) atoms. The third-order valence-electron chi connectivity index (χ3n) is 6.69. The highest BCUT2D eigenvalue weighted by molar-refractivity contribution is 7.86. The molecular formula is C17H23F5O5S. The van der Waals surface area contributed by atoms with Crippen molar-refractivity contribution in [3.8, 4) is 0 Å². The van der Waals surface area contributed by atoms with E-state index in [9.17, 15) is 35.2 Å². The number of hydrogen-bond acceptors (Lipinski definition) is 4. The molecule has 4 aliphatic carbocycles. The maximum atomic E-state index is 13.8. The van der Waals surface area contributed by atoms with Gasteiger partial charge in [0, 0.05) is 0 Å². The maximum Gasteiger partial charge on any atom is 0.432 e. The molecule has 0 aliphatic heterocycles. The van der Waals surface area contributed by atoms with Gasteiger partial charge in [-0.05, 0) is 55.8 Å². The Morgan fingerprint density at radius 1 is 1.14 bits per heavy atom. The van der Waals surface area contributed by atoms with Crippen LogP contribution in [0.5, 0.6) is 0 Å². The molecule has 11 heteroatoms. The summed E-state index contributed by atoms with van der Waals surface area (Å²) in [6, 6.07) is 0. The summed E-state index contributed by atoms with van der Waals surface area (Å²) in [5.74, 6) is -0.687. The van der Waals surface area contributed by atoms with Crippen LogP contribution in [-0.2, 0) is 19.6 Å². The minimum atomic E-state index is -6.43. The van der Waals surface area contributed by atoms with Crippen LogP contribution in [0.2, 0.25) is 0 Å². The molecule has 0 aromatic carbocycles. The summed E-state index contributed by atoms with van der Waals surface area (Å²) >= 11 is 0. The number of carbonyl (C=O) groups is 1. The highest BCUT2D eigenvalue weighted by atomic mass is 32.2. The topological polar surface area (TPSA) is 80.7 Å². The molecule has 0 amide bonds. The van der Waals surface area contributed by atoms with Crippen molar-refractivity contribution in [3.63, 3.8) is 0 Å². The minimum Gasteiger partial charge on any atom is -0.444 e. The molecule has 5 nitrogen and oxygen atoms in total. The second-order valence-corrected chi connectivity index (χ2v) is 10.1. The van der Waals surface area contributed by atoms with Gasteiger partial charge < -0.3 is 4.74 Å². The summed E-state index contributed by atoms with van der Waals surface area (Å²) in [5.41, 5.74) is -1.29. The summed E-state index contributed by atoms with van der Waals surface area (Å²) in [5, 5.41) is -5.69. The average molecular weight is 434 g/mol. The molecule has 1 N–H and O–H groups in total. The van der Waals surface area contributed by atoms with Crippen molar-refractivity contribution in [2.24, 2.45) is 29.1 Å². The van der Waals surface area contributed by atoms with Gasteiger partial charge in [0.25, 0.3) is 6.10 Å². The lowest BCUT2D eigenvalue weighted by Crippen LogP contribution is -2.58. The van der Waals surface area contributed by atoms with Gasteiger partial charge in [-0.15, -0.1) is 0 Å². The standard InChI is InChI=1S/C17H23F5O5S/c1-2-3-12-10-4-9-5-11(12)8-15(6-9,7-10)14(23)27-13(16(18,19)20)17(21,22)28(24,25)26/h9-13H,2-8H2,1H3,(H,24,25,26). The van der Waals surface area contributed by atoms with Crippen molar-refractivity contribution < 1.29 is 44.5 Å². The second kappa shape index (κ2) is 6.78. The first-order chi connectivity index (χ1) is 12.7. The number of rotatable bonds is 6. The molecule has 0 radical (unpaired) electrons. The molecule has 4 bridgehead atoms. The van der Waals surface area contributed by atoms with E-state index in [0.717, 1.165) is 25.7 Å². The zero-order valence-corrected chi connectivity index (χ0v) is 16.0. The molecule has 4 aliphatic rings. The molecule has 0 saturated heterocycles. The SMILES string of the molecule is CCCC1C2CC3CC1CC(C(=O)OC(C(F)(F)F)C(F)(F)S(=O)(=O)O)(C3)C2. The monoisotopic (exact) mass is 434 g/mol. The summed E-state index contributed by atoms with van der Waals surface area (Å²) in [6.07, 6.45) is -5.70. The Morgan fingerprint density at radius 2 is 1.68 bits per heavy atom. The lowest BCUT2D eigenvalue weighted by atomic mass is 9.45. The van der Waals surface area contributed by atoms with Crippen LogP contribution >= 0.6 is 0 Å². The van der Waals surface area contributed by atoms with Crippen molar-refractivity contribution in [1.82, 2.24) is 0 Å². The van der Waals surface area contributed by atoms with E-state index >= 15 is 0 Å². The van der Waals surface area contributed by atoms with E-state index in [-0.39, 0.29) is 37.0 Å². The quantitative estimate of drug-likeness (QED) is 0.385. The molecule has 0 spiro atoms. The van der Waals surface area contributed by atoms with Crippen LogP contribution in [0, 0.1) is 29.1 Å². The van der Waals surface area contributed by atoms with Gasteiger partial charge in [0.05, 0.1) is 5.41 Å². The minimum absolute atomic E-state index is 0.129. The van der Waals surface area contributed by atoms with Crippen LogP contribution in [0.4, 0.5) is 22.0 Å². The number of halogens is 5. The maximum absolute atomic E-state index is 13.8. The van der Waals surface area contributed by atoms with E-state index in [2.05, 4.69) is 4.74 Å². The van der Waals surface area contributed by atoms with E-state index in [1.165, 1.54) is 0 Å². The fourth-order valence-electron chi connectivity index (χ4n) is 5.88. The van der Waals surface area contributed by atoms with Crippen molar-refractivity contribution >= 4 is 16.1 Å². The van der Waals surface area contributed by atoms with Crippen LogP contribution in [0.25, 0.3) is 0 Å². The normalized spacial score (nSPS) is 36.4. The zero-order chi connectivity index (χ0) is 21.1. The van der Waals surface area contributed by atoms with Crippen molar-refractivity contribution in [3.05, 3.63) is 0 Å². The number of esters is 1. The highest BCUT2D eigenvalue weighted by Gasteiger charge is 2.68. The van der Waals surface area contributed by atoms with Gasteiger partial charge in [0.1, 0.15) is 0 Å². The summed E-state index contributed by atoms with van der Waals surface area (Å²) in [4.78, 5) is 12.7. The Hall–Kier alpha value is -0.970. The average Bonchev–Trinajstić information content (AvgIpc) is 2.52. The number of ether oxygens (including phenoxy) is 1. The lowest BCUT2D eigenvalue weighted by Gasteiger charge is -2.59. The molecule has 0 aromatic rings. The molecule has 3 unspecified atom stereocenters. The Kier molecular flexibility index (Phi) is 5.27. The zero-order valence-electron chi connectivity index (χ0n) is 15.2. The Bertz CT molecular complexity index is 719. The molecule has 4 rings (SSSR count). The molecule has 3 atom stereocenters. The van der Waals surface area contributed by atoms with Crippen molar-refractivity contribution in [2.75, 3.05) is 0 Å². The predicted octanol–water partition coefficient (Wildman–Crippen LogP) is 4.18. The van der Waals surface area contributed by atoms with E-state index < -0.39 is 39.0 Å². The van der Waals surface area contributed by atoms with E-state index in [1.807, 2.05) is 6.92 Å². The van der Waals surface area contributed by atoms with Gasteiger partial charge in [0.2, 0.25) is 0 Å². The molecule has 0 heterocycles. The van der Waals surface area contributed by atoms with Gasteiger partial charge in [0.15, 0.2) is 0 Å². The smallest absolute Gasteiger partial charge is 0.432 e. The number of hydrogen-bond donors (Lipinski definition) is 1. The molecule has 4 saturated carbocycles. The van der Waals surface area contributed by atoms with Crippen molar-refractivity contribution in [2.45, 2.75) is 69.4 Å². The number of alkyl halides is 5. The second-order valence-electron chi connectivity index (χ2n) is 8.57. The van der Waals surface area contributed by atoms with Crippen LogP contribution < -0.4 is 0 Å². The van der Waals surface area contributed by atoms with Crippen LogP contribution in [0.1, 0.15) is 51.9 Å². The van der Waals surface area contributed by atoms with E-state index in [0.29, 0.717) is 5.92 Å². The lowest BCUT2D eigenvalue weighted by molar-refractivity contribution is -0.267. The molecular weight excluding hydrogens is 411 g/mol. The third kappa shape index (κ3) is 3.53. The van der Waals surface area contributed by atoms with Gasteiger partial charge >= 0.3 is 27.5 Å². The van der Waals surface area contributed by atoms with E-state index in [1.54, 1.807) is 0 Å². The Balaban J connectivity index is 1.86. The van der Waals surface area contributed by atoms with Gasteiger partial charge in [-0.1, -0.05) is 19.8 Å².